The molecule has 1 spiro atoms. The van der Waals surface area contributed by atoms with Gasteiger partial charge in [-0.3, -0.25) is 24.1 Å². The Hall–Kier alpha value is -3.23. The Balaban J connectivity index is 1.55. The number of esters is 1. The van der Waals surface area contributed by atoms with Crippen LogP contribution in [0.25, 0.3) is 0 Å². The fourth-order valence-electron chi connectivity index (χ4n) is 3.61. The third-order valence-corrected chi connectivity index (χ3v) is 5.20. The summed E-state index contributed by atoms with van der Waals surface area (Å²) < 4.78 is 5.08. The number of nitrogens with zero attached hydrogens (tertiary/aromatic N) is 1. The van der Waals surface area contributed by atoms with Crippen molar-refractivity contribution in [1.82, 2.24) is 10.2 Å². The number of Topliss-reactive ketones (excluding diaryl/α,β-unsaturated/α-hetero) is 1. The van der Waals surface area contributed by atoms with E-state index in [9.17, 15) is 24.0 Å². The Morgan fingerprint density at radius 1 is 1.24 bits per heavy atom. The number of ketones is 1. The van der Waals surface area contributed by atoms with Crippen LogP contribution in [0.15, 0.2) is 24.3 Å². The van der Waals surface area contributed by atoms with Crippen molar-refractivity contribution in [2.45, 2.75) is 51.2 Å². The predicted molar refractivity (Wildman–Crippen MR) is 102 cm³/mol. The number of rotatable bonds is 6. The monoisotopic (exact) mass is 401 g/mol. The Morgan fingerprint density at radius 3 is 2.59 bits per heavy atom. The van der Waals surface area contributed by atoms with Gasteiger partial charge in [0.1, 0.15) is 12.1 Å². The van der Waals surface area contributed by atoms with Gasteiger partial charge < -0.3 is 15.4 Å². The topological polar surface area (TPSA) is 122 Å². The van der Waals surface area contributed by atoms with Crippen molar-refractivity contribution < 1.29 is 28.7 Å². The minimum Gasteiger partial charge on any atom is -0.451 e. The molecule has 0 bridgehead atoms. The summed E-state index contributed by atoms with van der Waals surface area (Å²) in [6, 6.07) is 5.75. The van der Waals surface area contributed by atoms with E-state index in [0.29, 0.717) is 24.1 Å². The quantitative estimate of drug-likeness (QED) is 0.424. The summed E-state index contributed by atoms with van der Waals surface area (Å²) in [5.41, 5.74) is -0.0723. The molecular weight excluding hydrogens is 378 g/mol. The van der Waals surface area contributed by atoms with E-state index in [2.05, 4.69) is 10.6 Å². The first-order valence-electron chi connectivity index (χ1n) is 9.47. The van der Waals surface area contributed by atoms with Crippen LogP contribution >= 0.6 is 0 Å². The first-order chi connectivity index (χ1) is 13.7. The van der Waals surface area contributed by atoms with E-state index in [1.54, 1.807) is 18.2 Å². The van der Waals surface area contributed by atoms with Gasteiger partial charge >= 0.3 is 12.0 Å². The molecule has 1 aliphatic carbocycles. The summed E-state index contributed by atoms with van der Waals surface area (Å²) in [4.78, 5) is 61.4. The standard InChI is InChI=1S/C20H23N3O6/c1-12(24)14-6-5-7-15(10-14)21-17(26)13(2)29-16(25)11-23-18(27)20(22-19(23)28)8-3-4-9-20/h5-7,10,13H,3-4,8-9,11H2,1-2H3,(H,21,26)(H,22,28)/t13-/m1/s1. The number of carbonyl (C=O) groups is 5. The third-order valence-electron chi connectivity index (χ3n) is 5.20. The van der Waals surface area contributed by atoms with Gasteiger partial charge in [-0.1, -0.05) is 25.0 Å². The maximum Gasteiger partial charge on any atom is 0.327 e. The van der Waals surface area contributed by atoms with Gasteiger partial charge in [-0.25, -0.2) is 4.79 Å². The maximum absolute atomic E-state index is 12.6. The molecule has 1 saturated carbocycles. The van der Waals surface area contributed by atoms with Crippen molar-refractivity contribution in [1.29, 1.82) is 0 Å². The molecule has 1 aromatic carbocycles. The molecule has 29 heavy (non-hydrogen) atoms. The number of carbonyl (C=O) groups excluding carboxylic acids is 5. The van der Waals surface area contributed by atoms with Gasteiger partial charge in [-0.05, 0) is 38.8 Å². The van der Waals surface area contributed by atoms with Gasteiger partial charge in [0.05, 0.1) is 0 Å². The zero-order chi connectivity index (χ0) is 21.2. The largest absolute Gasteiger partial charge is 0.451 e. The molecular formula is C20H23N3O6. The summed E-state index contributed by atoms with van der Waals surface area (Å²) in [6.07, 6.45) is 1.64. The Bertz CT molecular complexity index is 875. The molecule has 154 valence electrons. The molecule has 0 aromatic heterocycles. The van der Waals surface area contributed by atoms with E-state index >= 15 is 0 Å². The number of hydrogen-bond acceptors (Lipinski definition) is 6. The van der Waals surface area contributed by atoms with Crippen LogP contribution in [-0.2, 0) is 19.1 Å². The molecule has 1 heterocycles. The Kier molecular flexibility index (Phi) is 5.67. The summed E-state index contributed by atoms with van der Waals surface area (Å²) in [6.45, 7) is 2.24. The Labute approximate surface area is 167 Å². The lowest BCUT2D eigenvalue weighted by Crippen LogP contribution is -2.44. The van der Waals surface area contributed by atoms with E-state index in [-0.39, 0.29) is 5.78 Å². The van der Waals surface area contributed by atoms with Crippen molar-refractivity contribution in [3.63, 3.8) is 0 Å². The van der Waals surface area contributed by atoms with Crippen LogP contribution in [0.5, 0.6) is 0 Å². The minimum atomic E-state index is -1.15. The Morgan fingerprint density at radius 2 is 1.93 bits per heavy atom. The minimum absolute atomic E-state index is 0.144. The van der Waals surface area contributed by atoms with Gasteiger partial charge in [0.2, 0.25) is 0 Å². The van der Waals surface area contributed by atoms with E-state index < -0.39 is 42.0 Å². The fraction of sp³-hybridized carbons (Fsp3) is 0.450. The highest BCUT2D eigenvalue weighted by Gasteiger charge is 2.52. The third kappa shape index (κ3) is 4.28. The number of ether oxygens (including phenoxy) is 1. The molecule has 9 heteroatoms. The number of imide groups is 1. The lowest BCUT2D eigenvalue weighted by atomic mass is 9.98. The molecule has 1 aromatic rings. The van der Waals surface area contributed by atoms with Crippen molar-refractivity contribution >= 4 is 35.3 Å². The van der Waals surface area contributed by atoms with Crippen LogP contribution in [0.4, 0.5) is 10.5 Å². The second-order valence-corrected chi connectivity index (χ2v) is 7.37. The van der Waals surface area contributed by atoms with E-state index in [1.165, 1.54) is 19.9 Å². The average Bonchev–Trinajstić information content (AvgIpc) is 3.22. The van der Waals surface area contributed by atoms with E-state index in [1.807, 2.05) is 0 Å². The van der Waals surface area contributed by atoms with Crippen LogP contribution in [0, 0.1) is 0 Å². The average molecular weight is 401 g/mol. The normalized spacial score (nSPS) is 18.5. The number of hydrogen-bond donors (Lipinski definition) is 2. The second kappa shape index (κ2) is 8.02. The van der Waals surface area contributed by atoms with Crippen LogP contribution < -0.4 is 10.6 Å². The number of benzene rings is 1. The van der Waals surface area contributed by atoms with Gasteiger partial charge in [-0.15, -0.1) is 0 Å². The first kappa shape index (κ1) is 20.5. The highest BCUT2D eigenvalue weighted by Crippen LogP contribution is 2.34. The van der Waals surface area contributed by atoms with Crippen LogP contribution in [0.1, 0.15) is 49.9 Å². The van der Waals surface area contributed by atoms with Crippen LogP contribution in [-0.4, -0.2) is 52.7 Å². The maximum atomic E-state index is 12.6. The lowest BCUT2D eigenvalue weighted by Gasteiger charge is -2.20. The molecule has 0 unspecified atom stereocenters. The van der Waals surface area contributed by atoms with E-state index in [0.717, 1.165) is 17.7 Å². The molecule has 2 N–H and O–H groups in total. The molecule has 1 atom stereocenters. The van der Waals surface area contributed by atoms with Gasteiger partial charge in [0.25, 0.3) is 11.8 Å². The highest BCUT2D eigenvalue weighted by molar-refractivity contribution is 6.09. The van der Waals surface area contributed by atoms with Gasteiger partial charge in [-0.2, -0.15) is 0 Å². The molecule has 1 aliphatic heterocycles. The summed E-state index contributed by atoms with van der Waals surface area (Å²) in [5.74, 6) is -2.02. The highest BCUT2D eigenvalue weighted by atomic mass is 16.5. The predicted octanol–water partition coefficient (Wildman–Crippen LogP) is 1.62. The zero-order valence-electron chi connectivity index (χ0n) is 16.3. The van der Waals surface area contributed by atoms with Crippen molar-refractivity contribution in [2.24, 2.45) is 0 Å². The molecule has 2 fully saturated rings. The van der Waals surface area contributed by atoms with Crippen molar-refractivity contribution in [3.8, 4) is 0 Å². The summed E-state index contributed by atoms with van der Waals surface area (Å²) in [5, 5.41) is 5.25. The number of anilines is 1. The van der Waals surface area contributed by atoms with Gasteiger partial charge in [0.15, 0.2) is 11.9 Å². The van der Waals surface area contributed by atoms with Crippen molar-refractivity contribution in [3.05, 3.63) is 29.8 Å². The second-order valence-electron chi connectivity index (χ2n) is 7.37. The van der Waals surface area contributed by atoms with E-state index in [4.69, 9.17) is 4.74 Å². The molecule has 9 nitrogen and oxygen atoms in total. The van der Waals surface area contributed by atoms with Crippen LogP contribution in [0.2, 0.25) is 0 Å². The lowest BCUT2D eigenvalue weighted by molar-refractivity contribution is -0.155. The summed E-state index contributed by atoms with van der Waals surface area (Å²) >= 11 is 0. The number of amides is 4. The van der Waals surface area contributed by atoms with Gasteiger partial charge in [0, 0.05) is 11.3 Å². The molecule has 4 amide bonds. The smallest absolute Gasteiger partial charge is 0.327 e. The molecule has 2 aliphatic rings. The summed E-state index contributed by atoms with van der Waals surface area (Å²) in [7, 11) is 0. The molecule has 3 rings (SSSR count). The SMILES string of the molecule is CC(=O)c1cccc(NC(=O)[C@@H](C)OC(=O)CN2C(=O)NC3(CCCC3)C2=O)c1. The number of nitrogens with one attached hydrogen (secondary N) is 2. The van der Waals surface area contributed by atoms with Crippen LogP contribution in [0.3, 0.4) is 0 Å². The zero-order valence-corrected chi connectivity index (χ0v) is 16.3. The number of urea groups is 1. The molecule has 0 radical (unpaired) electrons. The first-order valence-corrected chi connectivity index (χ1v) is 9.47. The molecule has 1 saturated heterocycles. The van der Waals surface area contributed by atoms with Crippen molar-refractivity contribution in [2.75, 3.05) is 11.9 Å². The fourth-order valence-corrected chi connectivity index (χ4v) is 3.61.